The van der Waals surface area contributed by atoms with E-state index in [1.807, 2.05) is 11.9 Å². The fourth-order valence-electron chi connectivity index (χ4n) is 2.59. The average molecular weight is 262 g/mol. The van der Waals surface area contributed by atoms with Crippen molar-refractivity contribution in [3.8, 4) is 5.75 Å². The van der Waals surface area contributed by atoms with E-state index >= 15 is 0 Å². The van der Waals surface area contributed by atoms with Gasteiger partial charge in [0.1, 0.15) is 5.75 Å². The summed E-state index contributed by atoms with van der Waals surface area (Å²) < 4.78 is 0. The van der Waals surface area contributed by atoms with Gasteiger partial charge in [-0.05, 0) is 52.0 Å². The lowest BCUT2D eigenvalue weighted by atomic mass is 10.0. The highest BCUT2D eigenvalue weighted by Gasteiger charge is 2.25. The number of piperidine rings is 1. The number of carbonyl (C=O) groups is 1. The van der Waals surface area contributed by atoms with Gasteiger partial charge in [0.05, 0.1) is 0 Å². The van der Waals surface area contributed by atoms with Gasteiger partial charge in [0.25, 0.3) is 5.91 Å². The van der Waals surface area contributed by atoms with Gasteiger partial charge in [-0.25, -0.2) is 0 Å². The Morgan fingerprint density at radius 2 is 2.00 bits per heavy atom. The Morgan fingerprint density at radius 3 is 2.63 bits per heavy atom. The molecule has 0 atom stereocenters. The largest absolute Gasteiger partial charge is 0.508 e. The number of carbonyl (C=O) groups excluding carboxylic acids is 1. The molecule has 1 aromatic rings. The molecule has 104 valence electrons. The van der Waals surface area contributed by atoms with Crippen LogP contribution in [0.4, 0.5) is 0 Å². The molecule has 1 amide bonds. The minimum atomic E-state index is 0.00273. The van der Waals surface area contributed by atoms with Crippen LogP contribution in [0.5, 0.6) is 5.75 Å². The highest BCUT2D eigenvalue weighted by atomic mass is 16.3. The van der Waals surface area contributed by atoms with Gasteiger partial charge < -0.3 is 14.9 Å². The first-order chi connectivity index (χ1) is 9.00. The molecule has 19 heavy (non-hydrogen) atoms. The van der Waals surface area contributed by atoms with Crippen LogP contribution in [0, 0.1) is 6.92 Å². The number of rotatable bonds is 2. The van der Waals surface area contributed by atoms with Crippen molar-refractivity contribution in [1.82, 2.24) is 9.80 Å². The Morgan fingerprint density at radius 1 is 1.37 bits per heavy atom. The van der Waals surface area contributed by atoms with Crippen molar-refractivity contribution < 1.29 is 9.90 Å². The molecule has 1 aliphatic rings. The number of phenols is 1. The van der Waals surface area contributed by atoms with E-state index in [1.54, 1.807) is 25.1 Å². The van der Waals surface area contributed by atoms with Gasteiger partial charge in [-0.15, -0.1) is 0 Å². The molecular formula is C15H22N2O2. The molecule has 1 aromatic carbocycles. The van der Waals surface area contributed by atoms with Gasteiger partial charge in [0, 0.05) is 24.2 Å². The maximum absolute atomic E-state index is 12.5. The maximum Gasteiger partial charge on any atom is 0.254 e. The molecule has 1 heterocycles. The van der Waals surface area contributed by atoms with Gasteiger partial charge in [-0.1, -0.05) is 6.07 Å². The van der Waals surface area contributed by atoms with Crippen molar-refractivity contribution in [2.45, 2.75) is 25.8 Å². The maximum atomic E-state index is 12.5. The van der Waals surface area contributed by atoms with Crippen molar-refractivity contribution in [2.24, 2.45) is 0 Å². The number of aromatic hydroxyl groups is 1. The Balaban J connectivity index is 2.13. The predicted octanol–water partition coefficient (Wildman–Crippen LogP) is 1.87. The van der Waals surface area contributed by atoms with E-state index in [2.05, 4.69) is 11.9 Å². The highest BCUT2D eigenvalue weighted by molar-refractivity contribution is 5.96. The lowest BCUT2D eigenvalue weighted by Gasteiger charge is -2.35. The van der Waals surface area contributed by atoms with Crippen LogP contribution in [0.2, 0.25) is 0 Å². The number of nitrogens with zero attached hydrogens (tertiary/aromatic N) is 2. The van der Waals surface area contributed by atoms with E-state index in [1.165, 1.54) is 0 Å². The molecule has 4 nitrogen and oxygen atoms in total. The summed E-state index contributed by atoms with van der Waals surface area (Å²) in [6.07, 6.45) is 2.02. The monoisotopic (exact) mass is 262 g/mol. The third-order valence-corrected chi connectivity index (χ3v) is 4.09. The second kappa shape index (κ2) is 5.61. The summed E-state index contributed by atoms with van der Waals surface area (Å²) in [6, 6.07) is 5.41. The number of amides is 1. The molecule has 1 N–H and O–H groups in total. The number of hydrogen-bond donors (Lipinski definition) is 1. The van der Waals surface area contributed by atoms with Gasteiger partial charge in [0.2, 0.25) is 0 Å². The fourth-order valence-corrected chi connectivity index (χ4v) is 2.59. The SMILES string of the molecule is Cc1c(O)cccc1C(=O)N(C)C1CCN(C)CC1. The first-order valence-electron chi connectivity index (χ1n) is 6.75. The highest BCUT2D eigenvalue weighted by Crippen LogP contribution is 2.23. The molecule has 1 aliphatic heterocycles. The van der Waals surface area contributed by atoms with Crippen LogP contribution >= 0.6 is 0 Å². The third kappa shape index (κ3) is 2.89. The smallest absolute Gasteiger partial charge is 0.254 e. The number of hydrogen-bond acceptors (Lipinski definition) is 3. The van der Waals surface area contributed by atoms with Crippen LogP contribution in [-0.4, -0.2) is 54.0 Å². The molecule has 0 aromatic heterocycles. The summed E-state index contributed by atoms with van der Waals surface area (Å²) in [4.78, 5) is 16.6. The first kappa shape index (κ1) is 13.9. The molecule has 0 bridgehead atoms. The Bertz CT molecular complexity index is 465. The second-order valence-corrected chi connectivity index (χ2v) is 5.40. The zero-order valence-electron chi connectivity index (χ0n) is 11.9. The third-order valence-electron chi connectivity index (χ3n) is 4.09. The van der Waals surface area contributed by atoms with Crippen molar-refractivity contribution in [3.05, 3.63) is 29.3 Å². The number of benzene rings is 1. The summed E-state index contributed by atoms with van der Waals surface area (Å²) in [7, 11) is 3.97. The van der Waals surface area contributed by atoms with E-state index in [0.29, 0.717) is 17.2 Å². The Labute approximate surface area is 114 Å². The van der Waals surface area contributed by atoms with E-state index in [-0.39, 0.29) is 11.7 Å². The fraction of sp³-hybridized carbons (Fsp3) is 0.533. The molecule has 0 unspecified atom stereocenters. The molecule has 0 aliphatic carbocycles. The van der Waals surface area contributed by atoms with Gasteiger partial charge in [-0.3, -0.25) is 4.79 Å². The number of phenolic OH excluding ortho intramolecular Hbond substituents is 1. The quantitative estimate of drug-likeness (QED) is 0.885. The lowest BCUT2D eigenvalue weighted by Crippen LogP contribution is -2.44. The molecule has 2 rings (SSSR count). The van der Waals surface area contributed by atoms with E-state index in [4.69, 9.17) is 0 Å². The van der Waals surface area contributed by atoms with Crippen molar-refractivity contribution in [2.75, 3.05) is 27.2 Å². The van der Waals surface area contributed by atoms with Crippen LogP contribution in [0.15, 0.2) is 18.2 Å². The predicted molar refractivity (Wildman–Crippen MR) is 75.5 cm³/mol. The minimum absolute atomic E-state index is 0.00273. The van der Waals surface area contributed by atoms with Crippen LogP contribution in [0.3, 0.4) is 0 Å². The van der Waals surface area contributed by atoms with E-state index < -0.39 is 0 Å². The molecule has 4 heteroatoms. The van der Waals surface area contributed by atoms with E-state index in [0.717, 1.165) is 25.9 Å². The topological polar surface area (TPSA) is 43.8 Å². The summed E-state index contributed by atoms with van der Waals surface area (Å²) in [5.41, 5.74) is 1.26. The van der Waals surface area contributed by atoms with Gasteiger partial charge >= 0.3 is 0 Å². The average Bonchev–Trinajstić information content (AvgIpc) is 2.41. The van der Waals surface area contributed by atoms with Gasteiger partial charge in [0.15, 0.2) is 0 Å². The molecule has 0 spiro atoms. The zero-order chi connectivity index (χ0) is 14.0. The standard InChI is InChI=1S/C15H22N2O2/c1-11-13(5-4-6-14(11)18)15(19)17(3)12-7-9-16(2)10-8-12/h4-6,12,18H,7-10H2,1-3H3. The van der Waals surface area contributed by atoms with Crippen molar-refractivity contribution >= 4 is 5.91 Å². The minimum Gasteiger partial charge on any atom is -0.508 e. The number of likely N-dealkylation sites (tertiary alicyclic amines) is 1. The zero-order valence-corrected chi connectivity index (χ0v) is 11.9. The Hall–Kier alpha value is -1.55. The first-order valence-corrected chi connectivity index (χ1v) is 6.75. The summed E-state index contributed by atoms with van der Waals surface area (Å²) in [6.45, 7) is 3.84. The van der Waals surface area contributed by atoms with Gasteiger partial charge in [-0.2, -0.15) is 0 Å². The van der Waals surface area contributed by atoms with Crippen molar-refractivity contribution in [3.63, 3.8) is 0 Å². The second-order valence-electron chi connectivity index (χ2n) is 5.40. The lowest BCUT2D eigenvalue weighted by molar-refractivity contribution is 0.0658. The van der Waals surface area contributed by atoms with Crippen LogP contribution in [0.1, 0.15) is 28.8 Å². The normalized spacial score (nSPS) is 17.4. The molecule has 1 fully saturated rings. The summed E-state index contributed by atoms with van der Waals surface area (Å²) in [5.74, 6) is 0.186. The summed E-state index contributed by atoms with van der Waals surface area (Å²) >= 11 is 0. The summed E-state index contributed by atoms with van der Waals surface area (Å²) in [5, 5.41) is 9.70. The molecule has 0 saturated carbocycles. The van der Waals surface area contributed by atoms with Crippen LogP contribution < -0.4 is 0 Å². The molecular weight excluding hydrogens is 240 g/mol. The van der Waals surface area contributed by atoms with Crippen LogP contribution in [0.25, 0.3) is 0 Å². The molecule has 0 radical (unpaired) electrons. The van der Waals surface area contributed by atoms with Crippen molar-refractivity contribution in [1.29, 1.82) is 0 Å². The molecule has 1 saturated heterocycles. The van der Waals surface area contributed by atoms with E-state index in [9.17, 15) is 9.90 Å². The van der Waals surface area contributed by atoms with Crippen LogP contribution in [-0.2, 0) is 0 Å². The Kier molecular flexibility index (Phi) is 4.10.